The Kier molecular flexibility index (Phi) is 4.02. The van der Waals surface area contributed by atoms with E-state index < -0.39 is 0 Å². The zero-order valence-electron chi connectivity index (χ0n) is 10.5. The monoisotopic (exact) mass is 244 g/mol. The van der Waals surface area contributed by atoms with E-state index in [0.717, 1.165) is 17.0 Å². The number of anilines is 1. The predicted octanol–water partition coefficient (Wildman–Crippen LogP) is 2.71. The summed E-state index contributed by atoms with van der Waals surface area (Å²) in [6.07, 6.45) is 1.72. The molecule has 1 aromatic heterocycles. The number of hydrogen-bond donors (Lipinski definition) is 1. The molecule has 0 amide bonds. The highest BCUT2D eigenvalue weighted by molar-refractivity contribution is 5.48. The topological polar surface area (TPSA) is 43.4 Å². The van der Waals surface area contributed by atoms with Crippen LogP contribution in [0.3, 0.4) is 0 Å². The van der Waals surface area contributed by atoms with Gasteiger partial charge in [0.05, 0.1) is 14.2 Å². The molecule has 1 heterocycles. The van der Waals surface area contributed by atoms with Gasteiger partial charge in [0.2, 0.25) is 5.88 Å². The highest BCUT2D eigenvalue weighted by Gasteiger charge is 2.03. The number of hydrogen-bond acceptors (Lipinski definition) is 4. The average molecular weight is 244 g/mol. The molecule has 0 saturated heterocycles. The summed E-state index contributed by atoms with van der Waals surface area (Å²) >= 11 is 0. The van der Waals surface area contributed by atoms with E-state index in [2.05, 4.69) is 10.3 Å². The molecule has 18 heavy (non-hydrogen) atoms. The highest BCUT2D eigenvalue weighted by atomic mass is 16.5. The second-order valence-electron chi connectivity index (χ2n) is 3.76. The molecule has 0 aliphatic heterocycles. The Labute approximate surface area is 107 Å². The fourth-order valence-electron chi connectivity index (χ4n) is 1.67. The summed E-state index contributed by atoms with van der Waals surface area (Å²) in [4.78, 5) is 4.16. The normalized spacial score (nSPS) is 9.89. The van der Waals surface area contributed by atoms with E-state index in [4.69, 9.17) is 9.47 Å². The van der Waals surface area contributed by atoms with Gasteiger partial charge in [-0.2, -0.15) is 0 Å². The van der Waals surface area contributed by atoms with Gasteiger partial charge in [0.15, 0.2) is 0 Å². The Morgan fingerprint density at radius 3 is 2.78 bits per heavy atom. The molecule has 0 spiro atoms. The van der Waals surface area contributed by atoms with Crippen molar-refractivity contribution in [2.75, 3.05) is 19.5 Å². The van der Waals surface area contributed by atoms with Crippen LogP contribution in [-0.4, -0.2) is 19.2 Å². The predicted molar refractivity (Wildman–Crippen MR) is 71.1 cm³/mol. The van der Waals surface area contributed by atoms with Crippen molar-refractivity contribution in [1.82, 2.24) is 4.98 Å². The van der Waals surface area contributed by atoms with Crippen molar-refractivity contribution < 1.29 is 9.47 Å². The van der Waals surface area contributed by atoms with Gasteiger partial charge >= 0.3 is 0 Å². The summed E-state index contributed by atoms with van der Waals surface area (Å²) in [5.74, 6) is 1.48. The van der Waals surface area contributed by atoms with Gasteiger partial charge in [0, 0.05) is 30.1 Å². The maximum absolute atomic E-state index is 5.20. The second kappa shape index (κ2) is 5.91. The molecule has 4 nitrogen and oxygen atoms in total. The molecular weight excluding hydrogens is 228 g/mol. The lowest BCUT2D eigenvalue weighted by Gasteiger charge is -2.10. The third kappa shape index (κ3) is 2.91. The van der Waals surface area contributed by atoms with E-state index >= 15 is 0 Å². The number of pyridine rings is 1. The fourth-order valence-corrected chi connectivity index (χ4v) is 1.67. The summed E-state index contributed by atoms with van der Waals surface area (Å²) in [6, 6.07) is 11.7. The smallest absolute Gasteiger partial charge is 0.218 e. The number of rotatable bonds is 5. The Morgan fingerprint density at radius 1 is 1.11 bits per heavy atom. The van der Waals surface area contributed by atoms with E-state index in [-0.39, 0.29) is 0 Å². The summed E-state index contributed by atoms with van der Waals surface area (Å²) in [5, 5.41) is 3.31. The van der Waals surface area contributed by atoms with Crippen LogP contribution in [0.2, 0.25) is 0 Å². The van der Waals surface area contributed by atoms with E-state index in [1.54, 1.807) is 20.4 Å². The zero-order chi connectivity index (χ0) is 12.8. The lowest BCUT2D eigenvalue weighted by atomic mass is 10.2. The van der Waals surface area contributed by atoms with Crippen LogP contribution in [0.25, 0.3) is 0 Å². The summed E-state index contributed by atoms with van der Waals surface area (Å²) in [5.41, 5.74) is 2.02. The van der Waals surface area contributed by atoms with Gasteiger partial charge < -0.3 is 14.8 Å². The number of aromatic nitrogens is 1. The van der Waals surface area contributed by atoms with Gasteiger partial charge in [0.25, 0.3) is 0 Å². The summed E-state index contributed by atoms with van der Waals surface area (Å²) < 4.78 is 10.4. The van der Waals surface area contributed by atoms with Gasteiger partial charge in [-0.3, -0.25) is 0 Å². The standard InChI is InChI=1S/C14H16N2O2/c1-17-13-7-3-6-12(9-13)16-10-11-5-4-8-15-14(11)18-2/h3-9,16H,10H2,1-2H3. The number of nitrogens with zero attached hydrogens (tertiary/aromatic N) is 1. The third-order valence-corrected chi connectivity index (χ3v) is 2.60. The molecule has 2 rings (SSSR count). The van der Waals surface area contributed by atoms with Gasteiger partial charge in [-0.1, -0.05) is 12.1 Å². The van der Waals surface area contributed by atoms with Crippen molar-refractivity contribution in [3.8, 4) is 11.6 Å². The van der Waals surface area contributed by atoms with Crippen molar-refractivity contribution in [1.29, 1.82) is 0 Å². The van der Waals surface area contributed by atoms with Crippen LogP contribution in [-0.2, 0) is 6.54 Å². The number of methoxy groups -OCH3 is 2. The molecule has 0 aliphatic carbocycles. The molecule has 1 aromatic carbocycles. The van der Waals surface area contributed by atoms with Crippen molar-refractivity contribution in [2.45, 2.75) is 6.54 Å². The molecule has 0 fully saturated rings. The lowest BCUT2D eigenvalue weighted by Crippen LogP contribution is -2.02. The molecule has 0 bridgehead atoms. The van der Waals surface area contributed by atoms with E-state index in [0.29, 0.717) is 12.4 Å². The van der Waals surface area contributed by atoms with Crippen LogP contribution in [0.15, 0.2) is 42.6 Å². The summed E-state index contributed by atoms with van der Waals surface area (Å²) in [6.45, 7) is 0.657. The first kappa shape index (κ1) is 12.2. The van der Waals surface area contributed by atoms with Crippen LogP contribution in [0.5, 0.6) is 11.6 Å². The number of benzene rings is 1. The third-order valence-electron chi connectivity index (χ3n) is 2.60. The van der Waals surface area contributed by atoms with Crippen LogP contribution < -0.4 is 14.8 Å². The molecule has 0 aliphatic rings. The highest BCUT2D eigenvalue weighted by Crippen LogP contribution is 2.19. The zero-order valence-corrected chi connectivity index (χ0v) is 10.5. The average Bonchev–Trinajstić information content (AvgIpc) is 2.45. The first-order valence-electron chi connectivity index (χ1n) is 5.69. The van der Waals surface area contributed by atoms with Gasteiger partial charge in [-0.25, -0.2) is 4.98 Å². The minimum atomic E-state index is 0.646. The van der Waals surface area contributed by atoms with Crippen molar-refractivity contribution >= 4 is 5.69 Å². The van der Waals surface area contributed by atoms with Crippen molar-refractivity contribution in [2.24, 2.45) is 0 Å². The number of nitrogens with one attached hydrogen (secondary N) is 1. The van der Waals surface area contributed by atoms with Crippen LogP contribution in [0, 0.1) is 0 Å². The van der Waals surface area contributed by atoms with Crippen LogP contribution in [0.1, 0.15) is 5.56 Å². The minimum Gasteiger partial charge on any atom is -0.497 e. The molecule has 0 radical (unpaired) electrons. The Hall–Kier alpha value is -2.23. The van der Waals surface area contributed by atoms with Crippen molar-refractivity contribution in [3.63, 3.8) is 0 Å². The molecule has 1 N–H and O–H groups in total. The van der Waals surface area contributed by atoms with Crippen molar-refractivity contribution in [3.05, 3.63) is 48.2 Å². The van der Waals surface area contributed by atoms with E-state index in [1.165, 1.54) is 0 Å². The Bertz CT molecular complexity index is 515. The molecule has 4 heteroatoms. The second-order valence-corrected chi connectivity index (χ2v) is 3.76. The van der Waals surface area contributed by atoms with Gasteiger partial charge in [0.1, 0.15) is 5.75 Å². The van der Waals surface area contributed by atoms with Crippen LogP contribution >= 0.6 is 0 Å². The maximum Gasteiger partial charge on any atom is 0.218 e. The first-order chi connectivity index (χ1) is 8.83. The molecule has 94 valence electrons. The largest absolute Gasteiger partial charge is 0.497 e. The molecule has 0 unspecified atom stereocenters. The van der Waals surface area contributed by atoms with Crippen LogP contribution in [0.4, 0.5) is 5.69 Å². The maximum atomic E-state index is 5.20. The molecule has 0 atom stereocenters. The molecule has 2 aromatic rings. The summed E-state index contributed by atoms with van der Waals surface area (Å²) in [7, 11) is 3.28. The first-order valence-corrected chi connectivity index (χ1v) is 5.69. The SMILES string of the molecule is COc1cccc(NCc2cccnc2OC)c1. The number of ether oxygens (including phenoxy) is 2. The molecule has 0 saturated carbocycles. The van der Waals surface area contributed by atoms with Gasteiger partial charge in [-0.15, -0.1) is 0 Å². The van der Waals surface area contributed by atoms with E-state index in [9.17, 15) is 0 Å². The quantitative estimate of drug-likeness (QED) is 0.878. The van der Waals surface area contributed by atoms with E-state index in [1.807, 2.05) is 36.4 Å². The fraction of sp³-hybridized carbons (Fsp3) is 0.214. The molecular formula is C14H16N2O2. The lowest BCUT2D eigenvalue weighted by molar-refractivity contribution is 0.393. The Morgan fingerprint density at radius 2 is 2.00 bits per heavy atom. The minimum absolute atomic E-state index is 0.646. The Balaban J connectivity index is 2.06. The van der Waals surface area contributed by atoms with Gasteiger partial charge in [-0.05, 0) is 18.2 Å².